The Morgan fingerprint density at radius 3 is 2.35 bits per heavy atom. The van der Waals surface area contributed by atoms with Crippen molar-refractivity contribution in [2.75, 3.05) is 5.32 Å². The summed E-state index contributed by atoms with van der Waals surface area (Å²) in [5.41, 5.74) is 3.61. The first kappa shape index (κ1) is 20.5. The molecule has 31 heavy (non-hydrogen) atoms. The lowest BCUT2D eigenvalue weighted by atomic mass is 10.0. The van der Waals surface area contributed by atoms with Crippen LogP contribution >= 0.6 is 0 Å². The van der Waals surface area contributed by atoms with E-state index in [0.717, 1.165) is 5.01 Å². The fourth-order valence-electron chi connectivity index (χ4n) is 3.32. The monoisotopic (exact) mass is 440 g/mol. The summed E-state index contributed by atoms with van der Waals surface area (Å²) in [6, 6.07) is 17.5. The Morgan fingerprint density at radius 1 is 1.00 bits per heavy atom. The van der Waals surface area contributed by atoms with E-state index in [-0.39, 0.29) is 10.5 Å². The first-order chi connectivity index (χ1) is 14.8. The van der Waals surface area contributed by atoms with Gasteiger partial charge in [0.15, 0.2) is 0 Å². The molecule has 1 aliphatic heterocycles. The molecule has 1 aliphatic rings. The Kier molecular flexibility index (Phi) is 5.17. The highest BCUT2D eigenvalue weighted by molar-refractivity contribution is 7.89. The topological polar surface area (TPSA) is 122 Å². The van der Waals surface area contributed by atoms with Crippen molar-refractivity contribution in [3.05, 3.63) is 95.3 Å². The third-order valence-corrected chi connectivity index (χ3v) is 5.74. The number of amides is 2. The minimum absolute atomic E-state index is 0.213. The lowest BCUT2D eigenvalue weighted by Crippen LogP contribution is -2.53. The first-order valence-electron chi connectivity index (χ1n) is 9.13. The zero-order valence-electron chi connectivity index (χ0n) is 15.9. The Labute approximate surface area is 177 Å². The molecule has 0 radical (unpaired) electrons. The predicted octanol–water partition coefficient (Wildman–Crippen LogP) is 2.38. The number of rotatable bonds is 4. The quantitative estimate of drug-likeness (QED) is 0.575. The number of benzene rings is 3. The van der Waals surface area contributed by atoms with Crippen LogP contribution in [0.1, 0.15) is 32.4 Å². The summed E-state index contributed by atoms with van der Waals surface area (Å²) in [4.78, 5) is 25.8. The summed E-state index contributed by atoms with van der Waals surface area (Å²) in [6.07, 6.45) is -0.867. The smallest absolute Gasteiger partial charge is 0.276 e. The van der Waals surface area contributed by atoms with Crippen LogP contribution in [-0.2, 0) is 10.0 Å². The van der Waals surface area contributed by atoms with Crippen LogP contribution in [0, 0.1) is 5.82 Å². The second kappa shape index (κ2) is 7.82. The fraction of sp³-hybridized carbons (Fsp3) is 0.0476. The molecule has 0 fully saturated rings. The summed E-state index contributed by atoms with van der Waals surface area (Å²) in [6.45, 7) is 0. The van der Waals surface area contributed by atoms with Crippen molar-refractivity contribution in [2.45, 2.75) is 11.1 Å². The van der Waals surface area contributed by atoms with Gasteiger partial charge < -0.3 is 5.32 Å². The zero-order valence-corrected chi connectivity index (χ0v) is 16.8. The molecular weight excluding hydrogens is 423 g/mol. The molecule has 3 aromatic rings. The van der Waals surface area contributed by atoms with Crippen LogP contribution in [-0.4, -0.2) is 25.2 Å². The first-order valence-corrected chi connectivity index (χ1v) is 10.7. The normalized spacial score (nSPS) is 15.7. The molecule has 0 aliphatic carbocycles. The third kappa shape index (κ3) is 3.98. The molecular formula is C21H17FN4O4S. The molecule has 0 saturated heterocycles. The number of anilines is 1. The van der Waals surface area contributed by atoms with Crippen LogP contribution in [0.3, 0.4) is 0 Å². The molecule has 2 amide bonds. The average molecular weight is 440 g/mol. The number of hydrazine groups is 1. The van der Waals surface area contributed by atoms with Gasteiger partial charge in [0.2, 0.25) is 10.0 Å². The van der Waals surface area contributed by atoms with E-state index < -0.39 is 33.8 Å². The minimum atomic E-state index is -4.17. The number of nitrogens with one attached hydrogen (secondary N) is 2. The molecule has 1 unspecified atom stereocenters. The Hall–Kier alpha value is -3.76. The van der Waals surface area contributed by atoms with Crippen LogP contribution < -0.4 is 15.9 Å². The molecule has 4 N–H and O–H groups in total. The van der Waals surface area contributed by atoms with Crippen molar-refractivity contribution in [2.24, 2.45) is 5.14 Å². The maximum absolute atomic E-state index is 13.4. The molecule has 1 heterocycles. The molecule has 0 spiro atoms. The van der Waals surface area contributed by atoms with E-state index >= 15 is 0 Å². The van der Waals surface area contributed by atoms with Gasteiger partial charge in [0, 0.05) is 5.69 Å². The predicted molar refractivity (Wildman–Crippen MR) is 111 cm³/mol. The minimum Gasteiger partial charge on any atom is -0.359 e. The standard InChI is InChI=1S/C21H17FN4O4S/c22-14-11-9-13(10-12-14)19-24-17-7-3-1-5-15(17)21(28)26(19)25-20(27)16-6-2-4-8-18(16)31(23,29)30/h1-12,19,24H,(H,25,27)(H2,23,29,30). The number of hydrogen-bond donors (Lipinski definition) is 3. The molecule has 3 aromatic carbocycles. The molecule has 8 nitrogen and oxygen atoms in total. The van der Waals surface area contributed by atoms with E-state index in [4.69, 9.17) is 5.14 Å². The SMILES string of the molecule is NS(=O)(=O)c1ccccc1C(=O)NN1C(=O)c2ccccc2NC1c1ccc(F)cc1. The van der Waals surface area contributed by atoms with E-state index in [1.165, 1.54) is 48.5 Å². The second-order valence-electron chi connectivity index (χ2n) is 6.80. The molecule has 0 saturated carbocycles. The van der Waals surface area contributed by atoms with Crippen molar-refractivity contribution in [3.8, 4) is 0 Å². The van der Waals surface area contributed by atoms with Crippen molar-refractivity contribution >= 4 is 27.5 Å². The largest absolute Gasteiger partial charge is 0.359 e. The number of carbonyl (C=O) groups excluding carboxylic acids is 2. The summed E-state index contributed by atoms with van der Waals surface area (Å²) in [5, 5.41) is 9.39. The molecule has 10 heteroatoms. The average Bonchev–Trinajstić information content (AvgIpc) is 2.75. The Bertz CT molecular complexity index is 1280. The van der Waals surface area contributed by atoms with Crippen LogP contribution in [0.5, 0.6) is 0 Å². The number of fused-ring (bicyclic) bond motifs is 1. The number of carbonyl (C=O) groups is 2. The highest BCUT2D eigenvalue weighted by Crippen LogP contribution is 2.32. The lowest BCUT2D eigenvalue weighted by molar-refractivity contribution is 0.0489. The van der Waals surface area contributed by atoms with Crippen molar-refractivity contribution in [3.63, 3.8) is 0 Å². The highest BCUT2D eigenvalue weighted by Gasteiger charge is 2.35. The summed E-state index contributed by atoms with van der Waals surface area (Å²) in [7, 11) is -4.17. The number of hydrogen-bond acceptors (Lipinski definition) is 5. The summed E-state index contributed by atoms with van der Waals surface area (Å²) >= 11 is 0. The van der Waals surface area contributed by atoms with Gasteiger partial charge in [0.05, 0.1) is 16.0 Å². The molecule has 1 atom stereocenters. The van der Waals surface area contributed by atoms with Crippen LogP contribution in [0.4, 0.5) is 10.1 Å². The lowest BCUT2D eigenvalue weighted by Gasteiger charge is -2.37. The van der Waals surface area contributed by atoms with Gasteiger partial charge >= 0.3 is 0 Å². The van der Waals surface area contributed by atoms with Crippen LogP contribution in [0.15, 0.2) is 77.7 Å². The van der Waals surface area contributed by atoms with Gasteiger partial charge in [0.25, 0.3) is 11.8 Å². The highest BCUT2D eigenvalue weighted by atomic mass is 32.2. The third-order valence-electron chi connectivity index (χ3n) is 4.77. The Balaban J connectivity index is 1.75. The summed E-state index contributed by atoms with van der Waals surface area (Å²) in [5.74, 6) is -1.82. The van der Waals surface area contributed by atoms with Crippen molar-refractivity contribution < 1.29 is 22.4 Å². The maximum atomic E-state index is 13.4. The van der Waals surface area contributed by atoms with Gasteiger partial charge in [-0.05, 0) is 42.0 Å². The second-order valence-corrected chi connectivity index (χ2v) is 8.33. The number of nitrogens with two attached hydrogens (primary N) is 1. The number of halogens is 1. The van der Waals surface area contributed by atoms with E-state index in [9.17, 15) is 22.4 Å². The number of primary sulfonamides is 1. The van der Waals surface area contributed by atoms with E-state index in [0.29, 0.717) is 16.8 Å². The van der Waals surface area contributed by atoms with Gasteiger partial charge in [-0.2, -0.15) is 0 Å². The molecule has 0 aromatic heterocycles. The van der Waals surface area contributed by atoms with Gasteiger partial charge in [-0.1, -0.05) is 36.4 Å². The molecule has 4 rings (SSSR count). The van der Waals surface area contributed by atoms with Crippen molar-refractivity contribution in [1.82, 2.24) is 10.4 Å². The number of nitrogens with zero attached hydrogens (tertiary/aromatic N) is 1. The van der Waals surface area contributed by atoms with Crippen molar-refractivity contribution in [1.29, 1.82) is 0 Å². The fourth-order valence-corrected chi connectivity index (χ4v) is 4.05. The van der Waals surface area contributed by atoms with E-state index in [1.807, 2.05) is 0 Å². The van der Waals surface area contributed by atoms with Gasteiger partial charge in [-0.3, -0.25) is 15.0 Å². The number of sulfonamides is 1. The Morgan fingerprint density at radius 2 is 1.65 bits per heavy atom. The zero-order chi connectivity index (χ0) is 22.2. The molecule has 158 valence electrons. The molecule has 0 bridgehead atoms. The van der Waals surface area contributed by atoms with E-state index in [1.54, 1.807) is 24.3 Å². The maximum Gasteiger partial charge on any atom is 0.276 e. The van der Waals surface area contributed by atoms with Gasteiger partial charge in [-0.15, -0.1) is 0 Å². The number of para-hydroxylation sites is 1. The van der Waals surface area contributed by atoms with Gasteiger partial charge in [0.1, 0.15) is 12.0 Å². The summed E-state index contributed by atoms with van der Waals surface area (Å²) < 4.78 is 37.1. The van der Waals surface area contributed by atoms with Crippen LogP contribution in [0.25, 0.3) is 0 Å². The van der Waals surface area contributed by atoms with Crippen LogP contribution in [0.2, 0.25) is 0 Å². The van der Waals surface area contributed by atoms with Gasteiger partial charge in [-0.25, -0.2) is 23.0 Å². The van der Waals surface area contributed by atoms with E-state index in [2.05, 4.69) is 10.7 Å².